The number of aromatic nitrogens is 1. The fourth-order valence-electron chi connectivity index (χ4n) is 4.11. The number of carbonyl (C=O) groups is 1. The molecule has 5 nitrogen and oxygen atoms in total. The van der Waals surface area contributed by atoms with Crippen LogP contribution < -0.4 is 5.73 Å². The molecule has 2 aromatic heterocycles. The zero-order valence-corrected chi connectivity index (χ0v) is 19.9. The lowest BCUT2D eigenvalue weighted by molar-refractivity contribution is -0.127. The zero-order chi connectivity index (χ0) is 23.4. The third-order valence-electron chi connectivity index (χ3n) is 5.68. The summed E-state index contributed by atoms with van der Waals surface area (Å²) in [5.74, 6) is -0.116. The Hall–Kier alpha value is -3.22. The smallest absolute Gasteiger partial charge is 0.246 e. The van der Waals surface area contributed by atoms with Crippen LogP contribution in [0.25, 0.3) is 5.57 Å². The number of nitrogens with zero attached hydrogens (tertiary/aromatic N) is 3. The first-order valence-corrected chi connectivity index (χ1v) is 11.8. The number of nitrogens with two attached hydrogens (primary N) is 1. The van der Waals surface area contributed by atoms with Crippen molar-refractivity contribution >= 4 is 40.6 Å². The molecule has 0 unspecified atom stereocenters. The van der Waals surface area contributed by atoms with Gasteiger partial charge < -0.3 is 10.6 Å². The van der Waals surface area contributed by atoms with E-state index in [2.05, 4.69) is 28.7 Å². The van der Waals surface area contributed by atoms with Crippen molar-refractivity contribution in [3.8, 4) is 0 Å². The van der Waals surface area contributed by atoms with Crippen LogP contribution >= 0.6 is 22.9 Å². The summed E-state index contributed by atoms with van der Waals surface area (Å²) in [6, 6.07) is 14.1. The average Bonchev–Trinajstić information content (AvgIpc) is 3.21. The van der Waals surface area contributed by atoms with Gasteiger partial charge in [-0.05, 0) is 47.4 Å². The second-order valence-corrected chi connectivity index (χ2v) is 9.69. The summed E-state index contributed by atoms with van der Waals surface area (Å²) in [6.07, 6.45) is 6.75. The van der Waals surface area contributed by atoms with Crippen LogP contribution in [0.2, 0.25) is 4.34 Å². The molecule has 1 aliphatic rings. The number of allylic oxidation sites excluding steroid dienone is 2. The molecular formula is C26H25ClN4OS. The van der Waals surface area contributed by atoms with Crippen molar-refractivity contribution in [2.45, 2.75) is 25.9 Å². The SMILES string of the molecule is C=CC(=O)N1Cc2sc(Cl)cc2[C@H](c2ccccc2C(C=NCc2cccnc2)=C(C)N)C1. The maximum absolute atomic E-state index is 12.5. The standard InChI is InChI=1S/C26H25ClN4OS/c1-3-26(32)31-15-23(21-11-25(27)33-24(21)16-31)20-9-5-4-8-19(20)22(17(2)28)14-30-13-18-7-6-10-29-12-18/h3-12,14,23H,1,13,15-16,28H2,2H3/t23-/m0/s1. The topological polar surface area (TPSA) is 71.6 Å². The molecule has 168 valence electrons. The summed E-state index contributed by atoms with van der Waals surface area (Å²) in [7, 11) is 0. The Kier molecular flexibility index (Phi) is 7.06. The Morgan fingerprint density at radius 2 is 2.15 bits per heavy atom. The fourth-order valence-corrected chi connectivity index (χ4v) is 5.47. The van der Waals surface area contributed by atoms with Crippen LogP contribution in [0.5, 0.6) is 0 Å². The van der Waals surface area contributed by atoms with Gasteiger partial charge in [0.05, 0.1) is 17.4 Å². The van der Waals surface area contributed by atoms with Gasteiger partial charge in [0.2, 0.25) is 5.91 Å². The van der Waals surface area contributed by atoms with Gasteiger partial charge in [0.25, 0.3) is 0 Å². The highest BCUT2D eigenvalue weighted by Gasteiger charge is 2.31. The van der Waals surface area contributed by atoms with Gasteiger partial charge in [0, 0.05) is 47.2 Å². The molecule has 1 aromatic carbocycles. The molecular weight excluding hydrogens is 452 g/mol. The summed E-state index contributed by atoms with van der Waals surface area (Å²) < 4.78 is 0.721. The first-order valence-electron chi connectivity index (χ1n) is 10.6. The first kappa shape index (κ1) is 23.0. The minimum Gasteiger partial charge on any atom is -0.402 e. The zero-order valence-electron chi connectivity index (χ0n) is 18.4. The number of rotatable bonds is 6. The first-order chi connectivity index (χ1) is 16.0. The fraction of sp³-hybridized carbons (Fsp3) is 0.192. The van der Waals surface area contributed by atoms with Crippen LogP contribution in [-0.2, 0) is 17.9 Å². The van der Waals surface area contributed by atoms with Gasteiger partial charge in [0.1, 0.15) is 0 Å². The molecule has 33 heavy (non-hydrogen) atoms. The van der Waals surface area contributed by atoms with E-state index in [-0.39, 0.29) is 11.8 Å². The monoisotopic (exact) mass is 476 g/mol. The quantitative estimate of drug-likeness (QED) is 0.381. The molecule has 0 aliphatic carbocycles. The Morgan fingerprint density at radius 3 is 2.88 bits per heavy atom. The van der Waals surface area contributed by atoms with Crippen LogP contribution in [0.1, 0.15) is 40.0 Å². The Labute approximate surface area is 202 Å². The van der Waals surface area contributed by atoms with Crippen molar-refractivity contribution in [3.63, 3.8) is 0 Å². The molecule has 2 N–H and O–H groups in total. The second-order valence-electron chi connectivity index (χ2n) is 7.92. The third-order valence-corrected chi connectivity index (χ3v) is 6.94. The number of hydrogen-bond donors (Lipinski definition) is 1. The molecule has 1 amide bonds. The number of aliphatic imine (C=N–C) groups is 1. The highest BCUT2D eigenvalue weighted by atomic mass is 35.5. The van der Waals surface area contributed by atoms with Gasteiger partial charge in [-0.15, -0.1) is 11.3 Å². The number of fused-ring (bicyclic) bond motifs is 1. The lowest BCUT2D eigenvalue weighted by Gasteiger charge is -2.33. The van der Waals surface area contributed by atoms with Gasteiger partial charge in [0.15, 0.2) is 0 Å². The summed E-state index contributed by atoms with van der Waals surface area (Å²) >= 11 is 7.90. The Bertz CT molecular complexity index is 1230. The van der Waals surface area contributed by atoms with Crippen molar-refractivity contribution in [2.24, 2.45) is 10.7 Å². The number of halogens is 1. The van der Waals surface area contributed by atoms with E-state index >= 15 is 0 Å². The molecule has 0 fully saturated rings. The van der Waals surface area contributed by atoms with Crippen LogP contribution in [0.3, 0.4) is 0 Å². The van der Waals surface area contributed by atoms with Gasteiger partial charge >= 0.3 is 0 Å². The molecule has 0 radical (unpaired) electrons. The van der Waals surface area contributed by atoms with Crippen LogP contribution in [0.15, 0.2) is 78.2 Å². The third kappa shape index (κ3) is 5.07. The molecule has 0 saturated carbocycles. The van der Waals surface area contributed by atoms with Gasteiger partial charge in [-0.1, -0.05) is 48.5 Å². The van der Waals surface area contributed by atoms with Crippen molar-refractivity contribution < 1.29 is 4.79 Å². The summed E-state index contributed by atoms with van der Waals surface area (Å²) in [4.78, 5) is 24.2. The predicted molar refractivity (Wildman–Crippen MR) is 136 cm³/mol. The van der Waals surface area contributed by atoms with Crippen molar-refractivity contribution in [3.05, 3.63) is 105 Å². The number of pyridine rings is 1. The minimum absolute atomic E-state index is 0.0290. The highest BCUT2D eigenvalue weighted by Crippen LogP contribution is 2.42. The number of benzene rings is 1. The van der Waals surface area contributed by atoms with E-state index in [9.17, 15) is 4.79 Å². The van der Waals surface area contributed by atoms with E-state index in [1.807, 2.05) is 48.4 Å². The van der Waals surface area contributed by atoms with Gasteiger partial charge in [-0.25, -0.2) is 0 Å². The van der Waals surface area contributed by atoms with E-state index in [0.29, 0.717) is 25.3 Å². The molecule has 1 atom stereocenters. The lowest BCUT2D eigenvalue weighted by atomic mass is 9.83. The summed E-state index contributed by atoms with van der Waals surface area (Å²) in [6.45, 7) is 7.15. The molecule has 0 bridgehead atoms. The molecule has 0 saturated heterocycles. The number of hydrogen-bond acceptors (Lipinski definition) is 5. The molecule has 7 heteroatoms. The minimum atomic E-state index is -0.0866. The lowest BCUT2D eigenvalue weighted by Crippen LogP contribution is -2.37. The highest BCUT2D eigenvalue weighted by molar-refractivity contribution is 7.16. The number of carbonyl (C=O) groups excluding carboxylic acids is 1. The van der Waals surface area contributed by atoms with Crippen molar-refractivity contribution in [2.75, 3.05) is 6.54 Å². The van der Waals surface area contributed by atoms with Gasteiger partial charge in [-0.2, -0.15) is 0 Å². The van der Waals surface area contributed by atoms with Crippen molar-refractivity contribution in [1.29, 1.82) is 0 Å². The maximum Gasteiger partial charge on any atom is 0.246 e. The largest absolute Gasteiger partial charge is 0.402 e. The number of amides is 1. The van der Waals surface area contributed by atoms with E-state index < -0.39 is 0 Å². The molecule has 1 aliphatic heterocycles. The molecule has 3 heterocycles. The Morgan fingerprint density at radius 1 is 1.33 bits per heavy atom. The number of thiophene rings is 1. The normalized spacial score (nSPS) is 16.4. The van der Waals surface area contributed by atoms with Crippen LogP contribution in [0, 0.1) is 0 Å². The van der Waals surface area contributed by atoms with E-state index in [4.69, 9.17) is 17.3 Å². The molecule has 3 aromatic rings. The maximum atomic E-state index is 12.5. The van der Waals surface area contributed by atoms with Gasteiger partial charge in [-0.3, -0.25) is 14.8 Å². The predicted octanol–water partition coefficient (Wildman–Crippen LogP) is 5.42. The van der Waals surface area contributed by atoms with Crippen LogP contribution in [0.4, 0.5) is 0 Å². The average molecular weight is 477 g/mol. The Balaban J connectivity index is 1.73. The van der Waals surface area contributed by atoms with Crippen LogP contribution in [-0.4, -0.2) is 28.6 Å². The van der Waals surface area contributed by atoms with E-state index in [1.54, 1.807) is 12.4 Å². The molecule has 4 rings (SSSR count). The summed E-state index contributed by atoms with van der Waals surface area (Å²) in [5, 5.41) is 0. The second kappa shape index (κ2) is 10.1. The van der Waals surface area contributed by atoms with E-state index in [1.165, 1.54) is 17.4 Å². The summed E-state index contributed by atoms with van der Waals surface area (Å²) in [5.41, 5.74) is 12.1. The van der Waals surface area contributed by atoms with E-state index in [0.717, 1.165) is 37.0 Å². The molecule has 0 spiro atoms. The van der Waals surface area contributed by atoms with Crippen molar-refractivity contribution in [1.82, 2.24) is 9.88 Å².